The molecule has 2 N–H and O–H groups in total. The minimum Gasteiger partial charge on any atom is -0.311 e. The lowest BCUT2D eigenvalue weighted by Gasteiger charge is -1.93. The third kappa shape index (κ3) is 0.830. The molecule has 0 aliphatic carbocycles. The summed E-state index contributed by atoms with van der Waals surface area (Å²) >= 11 is 0. The van der Waals surface area contributed by atoms with Gasteiger partial charge in [-0.2, -0.15) is 0 Å². The highest BCUT2D eigenvalue weighted by Crippen LogP contribution is 2.15. The van der Waals surface area contributed by atoms with Crippen LogP contribution in [0.2, 0.25) is 0 Å². The van der Waals surface area contributed by atoms with Crippen molar-refractivity contribution < 1.29 is 5.32 Å². The molecule has 1 nitrogen and oxygen atoms in total. The van der Waals surface area contributed by atoms with Crippen LogP contribution in [0.15, 0.2) is 24.3 Å². The lowest BCUT2D eigenvalue weighted by Crippen LogP contribution is -2.81. The van der Waals surface area contributed by atoms with Gasteiger partial charge in [0.05, 0.1) is 6.04 Å². The lowest BCUT2D eigenvalue weighted by molar-refractivity contribution is -0.596. The highest BCUT2D eigenvalue weighted by molar-refractivity contribution is 5.41. The second-order valence-electron chi connectivity index (χ2n) is 3.05. The van der Waals surface area contributed by atoms with Gasteiger partial charge in [0.15, 0.2) is 0 Å². The summed E-state index contributed by atoms with van der Waals surface area (Å²) in [5.41, 5.74) is 2.95. The van der Waals surface area contributed by atoms with Gasteiger partial charge in [-0.1, -0.05) is 18.2 Å². The van der Waals surface area contributed by atoms with E-state index in [0.717, 1.165) is 6.04 Å². The van der Waals surface area contributed by atoms with Crippen LogP contribution in [0, 0.1) is 0 Å². The van der Waals surface area contributed by atoms with Crippen LogP contribution in [0.1, 0.15) is 12.5 Å². The van der Waals surface area contributed by atoms with Crippen molar-refractivity contribution >= 4 is 5.69 Å². The van der Waals surface area contributed by atoms with Crippen LogP contribution in [0.25, 0.3) is 0 Å². The Morgan fingerprint density at radius 3 is 3.00 bits per heavy atom. The van der Waals surface area contributed by atoms with Gasteiger partial charge in [-0.25, -0.2) is 0 Å². The fourth-order valence-corrected chi connectivity index (χ4v) is 1.60. The SMILES string of the molecule is C[C@@H]1Cc2ccccc2[NH2+]1. The van der Waals surface area contributed by atoms with Crippen molar-refractivity contribution in [2.24, 2.45) is 0 Å². The van der Waals surface area contributed by atoms with E-state index in [9.17, 15) is 0 Å². The predicted molar refractivity (Wildman–Crippen MR) is 41.2 cm³/mol. The average molecular weight is 134 g/mol. The molecule has 2 rings (SSSR count). The van der Waals surface area contributed by atoms with E-state index in [4.69, 9.17) is 0 Å². The molecule has 52 valence electrons. The molecule has 0 amide bonds. The Labute approximate surface area is 61.1 Å². The summed E-state index contributed by atoms with van der Waals surface area (Å²) in [6.07, 6.45) is 1.23. The first-order valence-electron chi connectivity index (χ1n) is 3.79. The zero-order chi connectivity index (χ0) is 6.97. The summed E-state index contributed by atoms with van der Waals surface area (Å²) in [6.45, 7) is 2.26. The molecule has 1 aliphatic rings. The van der Waals surface area contributed by atoms with Gasteiger partial charge in [0.25, 0.3) is 0 Å². The Morgan fingerprint density at radius 2 is 2.20 bits per heavy atom. The maximum absolute atomic E-state index is 2.34. The summed E-state index contributed by atoms with van der Waals surface area (Å²) in [4.78, 5) is 0. The zero-order valence-electron chi connectivity index (χ0n) is 6.17. The fraction of sp³-hybridized carbons (Fsp3) is 0.333. The Morgan fingerprint density at radius 1 is 1.40 bits per heavy atom. The largest absolute Gasteiger partial charge is 0.311 e. The molecule has 0 radical (unpaired) electrons. The van der Waals surface area contributed by atoms with E-state index in [2.05, 4.69) is 36.5 Å². The van der Waals surface area contributed by atoms with Crippen LogP contribution in [0.4, 0.5) is 5.69 Å². The van der Waals surface area contributed by atoms with Crippen LogP contribution in [-0.4, -0.2) is 6.04 Å². The number of rotatable bonds is 0. The highest BCUT2D eigenvalue weighted by Gasteiger charge is 2.19. The first-order valence-corrected chi connectivity index (χ1v) is 3.79. The number of hydrogen-bond donors (Lipinski definition) is 1. The van der Waals surface area contributed by atoms with E-state index in [1.54, 1.807) is 0 Å². The molecule has 10 heavy (non-hydrogen) atoms. The van der Waals surface area contributed by atoms with Crippen LogP contribution >= 0.6 is 0 Å². The van der Waals surface area contributed by atoms with E-state index < -0.39 is 0 Å². The predicted octanol–water partition coefficient (Wildman–Crippen LogP) is 0.826. The Hall–Kier alpha value is -0.820. The van der Waals surface area contributed by atoms with Gasteiger partial charge in [-0.05, 0) is 13.0 Å². The summed E-state index contributed by atoms with van der Waals surface area (Å²) in [6, 6.07) is 9.38. The molecule has 1 aliphatic heterocycles. The van der Waals surface area contributed by atoms with E-state index in [1.807, 2.05) is 0 Å². The Bertz CT molecular complexity index is 217. The van der Waals surface area contributed by atoms with Crippen molar-refractivity contribution in [3.05, 3.63) is 29.8 Å². The van der Waals surface area contributed by atoms with Gasteiger partial charge in [0, 0.05) is 12.0 Å². The number of benzene rings is 1. The van der Waals surface area contributed by atoms with Crippen LogP contribution < -0.4 is 5.32 Å². The molecular formula is C9H12N+. The molecule has 0 saturated carbocycles. The Balaban J connectivity index is 2.42. The molecule has 1 aromatic rings. The summed E-state index contributed by atoms with van der Waals surface area (Å²) in [5, 5.41) is 2.34. The third-order valence-corrected chi connectivity index (χ3v) is 2.06. The molecular weight excluding hydrogens is 122 g/mol. The number of nitrogens with two attached hydrogens (primary N) is 1. The molecule has 1 aromatic carbocycles. The molecule has 0 aromatic heterocycles. The average Bonchev–Trinajstić information content (AvgIpc) is 2.27. The standard InChI is InChI=1S/C9H11N/c1-7-6-8-4-2-3-5-9(8)10-7/h2-5,7,10H,6H2,1H3/p+1/t7-/m1/s1. The number of fused-ring (bicyclic) bond motifs is 1. The number of para-hydroxylation sites is 1. The first kappa shape index (κ1) is 5.93. The monoisotopic (exact) mass is 134 g/mol. The van der Waals surface area contributed by atoms with Crippen molar-refractivity contribution in [2.75, 3.05) is 0 Å². The van der Waals surface area contributed by atoms with Crippen LogP contribution in [-0.2, 0) is 6.42 Å². The van der Waals surface area contributed by atoms with E-state index in [-0.39, 0.29) is 0 Å². The van der Waals surface area contributed by atoms with Crippen molar-refractivity contribution in [3.63, 3.8) is 0 Å². The van der Waals surface area contributed by atoms with E-state index >= 15 is 0 Å². The molecule has 1 atom stereocenters. The zero-order valence-corrected chi connectivity index (χ0v) is 6.17. The minimum atomic E-state index is 0.748. The summed E-state index contributed by atoms with van der Waals surface area (Å²) in [5.74, 6) is 0. The van der Waals surface area contributed by atoms with Crippen LogP contribution in [0.3, 0.4) is 0 Å². The molecule has 0 unspecified atom stereocenters. The van der Waals surface area contributed by atoms with Gasteiger partial charge in [-0.3, -0.25) is 0 Å². The number of hydrogen-bond acceptors (Lipinski definition) is 0. The smallest absolute Gasteiger partial charge is 0.133 e. The van der Waals surface area contributed by atoms with E-state index in [1.165, 1.54) is 17.7 Å². The fourth-order valence-electron chi connectivity index (χ4n) is 1.60. The van der Waals surface area contributed by atoms with Crippen LogP contribution in [0.5, 0.6) is 0 Å². The topological polar surface area (TPSA) is 16.6 Å². The molecule has 0 saturated heterocycles. The quantitative estimate of drug-likeness (QED) is 0.506. The molecule has 0 fully saturated rings. The van der Waals surface area contributed by atoms with Gasteiger partial charge in [0.2, 0.25) is 0 Å². The van der Waals surface area contributed by atoms with Crippen molar-refractivity contribution in [1.82, 2.24) is 0 Å². The highest BCUT2D eigenvalue weighted by atomic mass is 14.9. The van der Waals surface area contributed by atoms with Gasteiger partial charge >= 0.3 is 0 Å². The van der Waals surface area contributed by atoms with Gasteiger partial charge < -0.3 is 5.32 Å². The maximum atomic E-state index is 2.34. The lowest BCUT2D eigenvalue weighted by atomic mass is 10.1. The van der Waals surface area contributed by atoms with Gasteiger partial charge in [0.1, 0.15) is 5.69 Å². The minimum absolute atomic E-state index is 0.748. The summed E-state index contributed by atoms with van der Waals surface area (Å²) in [7, 11) is 0. The molecule has 1 heteroatoms. The van der Waals surface area contributed by atoms with Gasteiger partial charge in [-0.15, -0.1) is 0 Å². The van der Waals surface area contributed by atoms with Crippen molar-refractivity contribution in [1.29, 1.82) is 0 Å². The Kier molecular flexibility index (Phi) is 1.24. The maximum Gasteiger partial charge on any atom is 0.133 e. The van der Waals surface area contributed by atoms with E-state index in [0.29, 0.717) is 0 Å². The second-order valence-corrected chi connectivity index (χ2v) is 3.05. The number of quaternary nitrogens is 1. The third-order valence-electron chi connectivity index (χ3n) is 2.06. The normalized spacial score (nSPS) is 22.7. The first-order chi connectivity index (χ1) is 4.86. The molecule has 0 bridgehead atoms. The summed E-state index contributed by atoms with van der Waals surface area (Å²) < 4.78 is 0. The molecule has 1 heterocycles. The van der Waals surface area contributed by atoms with Crippen molar-refractivity contribution in [2.45, 2.75) is 19.4 Å². The van der Waals surface area contributed by atoms with Crippen molar-refractivity contribution in [3.8, 4) is 0 Å². The second kappa shape index (κ2) is 2.10. The molecule has 0 spiro atoms.